The first-order valence-corrected chi connectivity index (χ1v) is 6.82. The Morgan fingerprint density at radius 2 is 1.70 bits per heavy atom. The van der Waals surface area contributed by atoms with Gasteiger partial charge in [0, 0.05) is 24.2 Å². The van der Waals surface area contributed by atoms with E-state index >= 15 is 0 Å². The van der Waals surface area contributed by atoms with Gasteiger partial charge in [0.25, 0.3) is 0 Å². The number of hydrogen-bond acceptors (Lipinski definition) is 2. The molecule has 0 radical (unpaired) electrons. The Labute approximate surface area is 120 Å². The maximum atomic E-state index is 5.89. The van der Waals surface area contributed by atoms with Gasteiger partial charge in [-0.05, 0) is 22.3 Å². The second kappa shape index (κ2) is 4.97. The molecule has 2 aromatic rings. The van der Waals surface area contributed by atoms with Crippen molar-refractivity contribution in [2.24, 2.45) is 5.41 Å². The van der Waals surface area contributed by atoms with E-state index in [-0.39, 0.29) is 12.5 Å². The fourth-order valence-electron chi connectivity index (χ4n) is 2.53. The molecule has 0 bridgehead atoms. The summed E-state index contributed by atoms with van der Waals surface area (Å²) < 4.78 is 11.8. The molecule has 0 aliphatic carbocycles. The summed E-state index contributed by atoms with van der Waals surface area (Å²) in [7, 11) is -0.306. The molecule has 1 aliphatic rings. The van der Waals surface area contributed by atoms with E-state index in [2.05, 4.69) is 25.8 Å². The summed E-state index contributed by atoms with van der Waals surface area (Å²) in [5.74, 6) is 2.73. The van der Waals surface area contributed by atoms with Gasteiger partial charge in [-0.3, -0.25) is 0 Å². The Balaban J connectivity index is 2.03. The Kier molecular flexibility index (Phi) is 3.29. The maximum Gasteiger partial charge on any atom is 0.494 e. The van der Waals surface area contributed by atoms with Crippen LogP contribution in [0.1, 0.15) is 19.4 Å². The zero-order valence-electron chi connectivity index (χ0n) is 11.8. The molecule has 3 heteroatoms. The zero-order chi connectivity index (χ0) is 14.2. The van der Waals surface area contributed by atoms with Crippen molar-refractivity contribution in [1.82, 2.24) is 0 Å². The molecule has 0 atom stereocenters. The molecule has 0 spiro atoms. The van der Waals surface area contributed by atoms with Gasteiger partial charge in [0.2, 0.25) is 0 Å². The second-order valence-electron chi connectivity index (χ2n) is 6.01. The number of fused-ring (bicyclic) bond motifs is 1. The van der Waals surface area contributed by atoms with Crippen LogP contribution in [0, 0.1) is 17.8 Å². The largest absolute Gasteiger partial charge is 0.494 e. The predicted octanol–water partition coefficient (Wildman–Crippen LogP) is 2.59. The minimum absolute atomic E-state index is 0.0745. The quantitative estimate of drug-likeness (QED) is 0.582. The molecule has 0 unspecified atom stereocenters. The summed E-state index contributed by atoms with van der Waals surface area (Å²) in [5.41, 5.74) is 2.03. The lowest BCUT2D eigenvalue weighted by molar-refractivity contribution is 0.0344. The van der Waals surface area contributed by atoms with Crippen molar-refractivity contribution in [1.29, 1.82) is 0 Å². The van der Waals surface area contributed by atoms with Crippen LogP contribution in [0.3, 0.4) is 0 Å². The smallest absolute Gasteiger partial charge is 0.407 e. The third-order valence-electron chi connectivity index (χ3n) is 3.62. The molecule has 0 saturated carbocycles. The molecular weight excluding hydrogens is 247 g/mol. The van der Waals surface area contributed by atoms with Gasteiger partial charge in [0.15, 0.2) is 0 Å². The summed E-state index contributed by atoms with van der Waals surface area (Å²) in [5, 5.41) is 2.18. The molecule has 100 valence electrons. The van der Waals surface area contributed by atoms with Crippen molar-refractivity contribution < 1.29 is 9.31 Å². The molecule has 1 heterocycles. The van der Waals surface area contributed by atoms with Crippen molar-refractivity contribution in [3.8, 4) is 12.3 Å². The molecule has 0 amide bonds. The summed E-state index contributed by atoms with van der Waals surface area (Å²) in [6.45, 7) is 5.68. The fraction of sp³-hybridized carbons (Fsp3) is 0.294. The van der Waals surface area contributed by atoms with E-state index in [0.717, 1.165) is 21.8 Å². The van der Waals surface area contributed by atoms with E-state index in [1.54, 1.807) is 0 Å². The normalized spacial score (nSPS) is 17.9. The summed E-state index contributed by atoms with van der Waals surface area (Å²) in [6, 6.07) is 12.1. The van der Waals surface area contributed by atoms with E-state index in [4.69, 9.17) is 15.7 Å². The minimum atomic E-state index is -0.306. The van der Waals surface area contributed by atoms with Crippen molar-refractivity contribution in [2.75, 3.05) is 13.2 Å². The van der Waals surface area contributed by atoms with E-state index in [0.29, 0.717) is 13.2 Å². The highest BCUT2D eigenvalue weighted by Crippen LogP contribution is 2.23. The van der Waals surface area contributed by atoms with Crippen LogP contribution in [0.25, 0.3) is 10.8 Å². The van der Waals surface area contributed by atoms with Gasteiger partial charge in [-0.2, -0.15) is 0 Å². The van der Waals surface area contributed by atoms with E-state index in [9.17, 15) is 0 Å². The highest BCUT2D eigenvalue weighted by Gasteiger charge is 2.34. The van der Waals surface area contributed by atoms with E-state index in [1.807, 2.05) is 30.3 Å². The van der Waals surface area contributed by atoms with Crippen LogP contribution in [-0.4, -0.2) is 20.3 Å². The Hall–Kier alpha value is -1.76. The van der Waals surface area contributed by atoms with Gasteiger partial charge in [-0.25, -0.2) is 0 Å². The standard InChI is InChI=1S/C17H17BO2/c1-4-13-9-10-16(15-8-6-5-7-14(13)15)18-19-11-17(2,3)12-20-18/h1,5-10H,11-12H2,2-3H3. The number of rotatable bonds is 1. The maximum absolute atomic E-state index is 5.89. The Bertz CT molecular complexity index is 675. The monoisotopic (exact) mass is 264 g/mol. The first kappa shape index (κ1) is 13.2. The second-order valence-corrected chi connectivity index (χ2v) is 6.01. The zero-order valence-corrected chi connectivity index (χ0v) is 11.8. The van der Waals surface area contributed by atoms with Gasteiger partial charge in [0.1, 0.15) is 0 Å². The molecule has 2 nitrogen and oxygen atoms in total. The molecule has 0 aromatic heterocycles. The molecule has 2 aromatic carbocycles. The van der Waals surface area contributed by atoms with Crippen LogP contribution in [0.2, 0.25) is 0 Å². The SMILES string of the molecule is C#Cc1ccc(B2OCC(C)(C)CO2)c2ccccc12. The molecular formula is C17H17BO2. The van der Waals surface area contributed by atoms with Crippen LogP contribution >= 0.6 is 0 Å². The van der Waals surface area contributed by atoms with Crippen LogP contribution in [0.4, 0.5) is 0 Å². The third kappa shape index (κ3) is 2.33. The average Bonchev–Trinajstić information content (AvgIpc) is 2.46. The first-order chi connectivity index (χ1) is 9.61. The van der Waals surface area contributed by atoms with E-state index < -0.39 is 0 Å². The molecule has 20 heavy (non-hydrogen) atoms. The predicted molar refractivity (Wildman–Crippen MR) is 83.0 cm³/mol. The average molecular weight is 264 g/mol. The van der Waals surface area contributed by atoms with Gasteiger partial charge < -0.3 is 9.31 Å². The van der Waals surface area contributed by atoms with Crippen LogP contribution in [0.5, 0.6) is 0 Å². The summed E-state index contributed by atoms with van der Waals surface area (Å²) in [4.78, 5) is 0. The minimum Gasteiger partial charge on any atom is -0.407 e. The van der Waals surface area contributed by atoms with Gasteiger partial charge in [-0.1, -0.05) is 50.1 Å². The summed E-state index contributed by atoms with van der Waals surface area (Å²) >= 11 is 0. The Morgan fingerprint density at radius 1 is 1.05 bits per heavy atom. The molecule has 0 N–H and O–H groups in total. The van der Waals surface area contributed by atoms with Crippen molar-refractivity contribution in [3.05, 3.63) is 42.0 Å². The number of benzene rings is 2. The lowest BCUT2D eigenvalue weighted by Gasteiger charge is -2.33. The Morgan fingerprint density at radius 3 is 2.35 bits per heavy atom. The van der Waals surface area contributed by atoms with Gasteiger partial charge in [0.05, 0.1) is 0 Å². The van der Waals surface area contributed by atoms with Crippen molar-refractivity contribution in [3.63, 3.8) is 0 Å². The highest BCUT2D eigenvalue weighted by molar-refractivity contribution is 6.64. The van der Waals surface area contributed by atoms with Crippen molar-refractivity contribution >= 4 is 23.4 Å². The molecule has 1 fully saturated rings. The highest BCUT2D eigenvalue weighted by atomic mass is 16.6. The third-order valence-corrected chi connectivity index (χ3v) is 3.62. The van der Waals surface area contributed by atoms with Crippen LogP contribution in [0.15, 0.2) is 36.4 Å². The van der Waals surface area contributed by atoms with Crippen LogP contribution in [-0.2, 0) is 9.31 Å². The lowest BCUT2D eigenvalue weighted by Crippen LogP contribution is -2.47. The summed E-state index contributed by atoms with van der Waals surface area (Å²) in [6.07, 6.45) is 5.57. The fourth-order valence-corrected chi connectivity index (χ4v) is 2.53. The number of hydrogen-bond donors (Lipinski definition) is 0. The van der Waals surface area contributed by atoms with Crippen molar-refractivity contribution in [2.45, 2.75) is 13.8 Å². The van der Waals surface area contributed by atoms with Crippen LogP contribution < -0.4 is 5.46 Å². The van der Waals surface area contributed by atoms with Gasteiger partial charge in [-0.15, -0.1) is 6.42 Å². The molecule has 1 saturated heterocycles. The lowest BCUT2D eigenvalue weighted by atomic mass is 9.73. The van der Waals surface area contributed by atoms with Gasteiger partial charge >= 0.3 is 7.12 Å². The number of terminal acetylenes is 1. The topological polar surface area (TPSA) is 18.5 Å². The molecule has 3 rings (SSSR count). The molecule has 1 aliphatic heterocycles. The van der Waals surface area contributed by atoms with E-state index in [1.165, 1.54) is 0 Å². The first-order valence-electron chi connectivity index (χ1n) is 6.82.